The lowest BCUT2D eigenvalue weighted by Crippen LogP contribution is -2.36. The van der Waals surface area contributed by atoms with Gasteiger partial charge in [-0.2, -0.15) is 0 Å². The standard InChI is InChI=1S/C18H21BrFNO5/c1-3-25-17(22)13(18(23)26-4-2)9-12-10-15(20)14(19)11-16(12)21-5-7-24-8-6-21/h9-11H,3-8H2,1-2H3. The van der Waals surface area contributed by atoms with Gasteiger partial charge in [0.2, 0.25) is 0 Å². The van der Waals surface area contributed by atoms with Crippen LogP contribution in [-0.2, 0) is 23.8 Å². The van der Waals surface area contributed by atoms with Crippen molar-refractivity contribution in [2.24, 2.45) is 0 Å². The molecule has 26 heavy (non-hydrogen) atoms. The molecule has 0 atom stereocenters. The quantitative estimate of drug-likeness (QED) is 0.299. The summed E-state index contributed by atoms with van der Waals surface area (Å²) < 4.78 is 29.6. The van der Waals surface area contributed by atoms with Gasteiger partial charge in [0.15, 0.2) is 0 Å². The predicted octanol–water partition coefficient (Wildman–Crippen LogP) is 2.93. The lowest BCUT2D eigenvalue weighted by molar-refractivity contribution is -0.146. The van der Waals surface area contributed by atoms with Crippen LogP contribution in [0.1, 0.15) is 19.4 Å². The summed E-state index contributed by atoms with van der Waals surface area (Å²) in [5.74, 6) is -2.11. The van der Waals surface area contributed by atoms with Crippen molar-refractivity contribution in [2.45, 2.75) is 13.8 Å². The van der Waals surface area contributed by atoms with Crippen LogP contribution in [-0.4, -0.2) is 51.5 Å². The molecule has 2 rings (SSSR count). The van der Waals surface area contributed by atoms with Crippen LogP contribution in [0.2, 0.25) is 0 Å². The molecule has 0 saturated carbocycles. The van der Waals surface area contributed by atoms with Gasteiger partial charge in [0.1, 0.15) is 11.4 Å². The third kappa shape index (κ3) is 5.04. The highest BCUT2D eigenvalue weighted by molar-refractivity contribution is 9.10. The maximum Gasteiger partial charge on any atom is 0.345 e. The van der Waals surface area contributed by atoms with E-state index in [-0.39, 0.29) is 18.8 Å². The summed E-state index contributed by atoms with van der Waals surface area (Å²) in [6, 6.07) is 2.90. The first-order valence-electron chi connectivity index (χ1n) is 8.35. The van der Waals surface area contributed by atoms with Crippen molar-refractivity contribution < 1.29 is 28.2 Å². The summed E-state index contributed by atoms with van der Waals surface area (Å²) >= 11 is 3.18. The maximum atomic E-state index is 14.1. The van der Waals surface area contributed by atoms with Gasteiger partial charge in [-0.1, -0.05) is 0 Å². The van der Waals surface area contributed by atoms with Gasteiger partial charge < -0.3 is 19.1 Å². The lowest BCUT2D eigenvalue weighted by atomic mass is 10.1. The number of hydrogen-bond donors (Lipinski definition) is 0. The van der Waals surface area contributed by atoms with E-state index >= 15 is 0 Å². The zero-order valence-corrected chi connectivity index (χ0v) is 16.3. The Kier molecular flexibility index (Phi) is 7.59. The number of hydrogen-bond acceptors (Lipinski definition) is 6. The fourth-order valence-electron chi connectivity index (χ4n) is 2.52. The van der Waals surface area contributed by atoms with Crippen LogP contribution in [0.3, 0.4) is 0 Å². The van der Waals surface area contributed by atoms with E-state index in [4.69, 9.17) is 14.2 Å². The van der Waals surface area contributed by atoms with Gasteiger partial charge >= 0.3 is 11.9 Å². The van der Waals surface area contributed by atoms with Crippen molar-refractivity contribution in [1.82, 2.24) is 0 Å². The van der Waals surface area contributed by atoms with Crippen LogP contribution in [0, 0.1) is 5.82 Å². The van der Waals surface area contributed by atoms with Crippen LogP contribution >= 0.6 is 15.9 Å². The van der Waals surface area contributed by atoms with Crippen LogP contribution in [0.4, 0.5) is 10.1 Å². The molecule has 1 aromatic carbocycles. The first-order valence-corrected chi connectivity index (χ1v) is 9.14. The highest BCUT2D eigenvalue weighted by Crippen LogP contribution is 2.30. The van der Waals surface area contributed by atoms with Gasteiger partial charge in [-0.05, 0) is 48.0 Å². The molecule has 1 aliphatic rings. The average molecular weight is 430 g/mol. The van der Waals surface area contributed by atoms with Crippen molar-refractivity contribution in [3.05, 3.63) is 33.6 Å². The monoisotopic (exact) mass is 429 g/mol. The van der Waals surface area contributed by atoms with E-state index < -0.39 is 17.8 Å². The second-order valence-electron chi connectivity index (χ2n) is 5.42. The van der Waals surface area contributed by atoms with E-state index in [9.17, 15) is 14.0 Å². The summed E-state index contributed by atoms with van der Waals surface area (Å²) in [6.07, 6.45) is 1.32. The normalized spacial score (nSPS) is 13.9. The number of carbonyl (C=O) groups excluding carboxylic acids is 2. The highest BCUT2D eigenvalue weighted by Gasteiger charge is 2.23. The molecule has 142 valence electrons. The van der Waals surface area contributed by atoms with E-state index in [1.54, 1.807) is 19.9 Å². The predicted molar refractivity (Wildman–Crippen MR) is 98.4 cm³/mol. The molecule has 0 amide bonds. The minimum absolute atomic E-state index is 0.112. The van der Waals surface area contributed by atoms with Crippen LogP contribution in [0.5, 0.6) is 0 Å². The Labute approximate surface area is 160 Å². The Bertz CT molecular complexity index is 681. The van der Waals surface area contributed by atoms with E-state index in [0.717, 1.165) is 0 Å². The Hall–Kier alpha value is -1.93. The number of morpholine rings is 1. The van der Waals surface area contributed by atoms with Crippen molar-refractivity contribution in [3.63, 3.8) is 0 Å². The zero-order chi connectivity index (χ0) is 19.1. The maximum absolute atomic E-state index is 14.1. The van der Waals surface area contributed by atoms with Gasteiger partial charge in [-0.15, -0.1) is 0 Å². The minimum Gasteiger partial charge on any atom is -0.462 e. The smallest absolute Gasteiger partial charge is 0.345 e. The van der Waals surface area contributed by atoms with Crippen LogP contribution in [0.25, 0.3) is 6.08 Å². The van der Waals surface area contributed by atoms with E-state index in [2.05, 4.69) is 15.9 Å². The highest BCUT2D eigenvalue weighted by atomic mass is 79.9. The molecule has 8 heteroatoms. The molecule has 0 aromatic heterocycles. The molecular formula is C18H21BrFNO5. The average Bonchev–Trinajstić information content (AvgIpc) is 2.63. The van der Waals surface area contributed by atoms with Crippen molar-refractivity contribution >= 4 is 39.6 Å². The topological polar surface area (TPSA) is 65.1 Å². The number of ether oxygens (including phenoxy) is 3. The molecule has 0 N–H and O–H groups in total. The summed E-state index contributed by atoms with van der Waals surface area (Å²) in [5.41, 5.74) is 0.807. The molecular weight excluding hydrogens is 409 g/mol. The number of nitrogens with zero attached hydrogens (tertiary/aromatic N) is 1. The molecule has 1 fully saturated rings. The van der Waals surface area contributed by atoms with Gasteiger partial charge in [0.05, 0.1) is 30.9 Å². The Morgan fingerprint density at radius 2 is 1.77 bits per heavy atom. The number of rotatable bonds is 6. The number of carbonyl (C=O) groups is 2. The fraction of sp³-hybridized carbons (Fsp3) is 0.444. The fourth-order valence-corrected chi connectivity index (χ4v) is 2.85. The number of halogens is 2. The SMILES string of the molecule is CCOC(=O)C(=Cc1cc(F)c(Br)cc1N1CCOCC1)C(=O)OCC. The van der Waals surface area contributed by atoms with E-state index in [1.807, 2.05) is 4.90 Å². The molecule has 0 bridgehead atoms. The Balaban J connectivity index is 2.50. The van der Waals surface area contributed by atoms with Gasteiger partial charge in [0.25, 0.3) is 0 Å². The molecule has 1 saturated heterocycles. The number of anilines is 1. The zero-order valence-electron chi connectivity index (χ0n) is 14.7. The number of esters is 2. The minimum atomic E-state index is -0.804. The second-order valence-corrected chi connectivity index (χ2v) is 6.28. The van der Waals surface area contributed by atoms with E-state index in [1.165, 1.54) is 12.1 Å². The summed E-state index contributed by atoms with van der Waals surface area (Å²) in [4.78, 5) is 26.4. The van der Waals surface area contributed by atoms with Gasteiger partial charge in [-0.25, -0.2) is 14.0 Å². The molecule has 1 aliphatic heterocycles. The summed E-state index contributed by atoms with van der Waals surface area (Å²) in [6.45, 7) is 5.82. The van der Waals surface area contributed by atoms with Crippen LogP contribution in [0.15, 0.2) is 22.2 Å². The van der Waals surface area contributed by atoms with E-state index in [0.29, 0.717) is 42.0 Å². The molecule has 6 nitrogen and oxygen atoms in total. The van der Waals surface area contributed by atoms with Crippen molar-refractivity contribution in [3.8, 4) is 0 Å². The number of benzene rings is 1. The molecule has 0 unspecified atom stereocenters. The second kappa shape index (κ2) is 9.68. The Morgan fingerprint density at radius 1 is 1.19 bits per heavy atom. The Morgan fingerprint density at radius 3 is 2.31 bits per heavy atom. The largest absolute Gasteiger partial charge is 0.462 e. The van der Waals surface area contributed by atoms with Crippen molar-refractivity contribution in [1.29, 1.82) is 0 Å². The first kappa shape index (κ1) is 20.4. The van der Waals surface area contributed by atoms with Gasteiger partial charge in [0, 0.05) is 24.3 Å². The molecule has 0 aliphatic carbocycles. The first-order chi connectivity index (χ1) is 12.5. The molecule has 1 aromatic rings. The summed E-state index contributed by atoms with van der Waals surface area (Å²) in [7, 11) is 0. The third-order valence-corrected chi connectivity index (χ3v) is 4.32. The van der Waals surface area contributed by atoms with Crippen LogP contribution < -0.4 is 4.90 Å². The molecule has 0 radical (unpaired) electrons. The van der Waals surface area contributed by atoms with Gasteiger partial charge in [-0.3, -0.25) is 0 Å². The molecule has 1 heterocycles. The summed E-state index contributed by atoms with van der Waals surface area (Å²) in [5, 5.41) is 0. The lowest BCUT2D eigenvalue weighted by Gasteiger charge is -2.30. The third-order valence-electron chi connectivity index (χ3n) is 3.71. The molecule has 0 spiro atoms. The van der Waals surface area contributed by atoms with Crippen molar-refractivity contribution in [2.75, 3.05) is 44.4 Å².